The molecule has 1 heterocycles. The first-order valence-corrected chi connectivity index (χ1v) is 4.70. The zero-order valence-corrected chi connectivity index (χ0v) is 8.34. The largest absolute Gasteiger partial charge is 0.507 e. The summed E-state index contributed by atoms with van der Waals surface area (Å²) in [5, 5.41) is 9.45. The molecule has 1 N–H and O–H groups in total. The van der Waals surface area contributed by atoms with Crippen molar-refractivity contribution in [1.82, 2.24) is 4.98 Å². The molecule has 0 aliphatic carbocycles. The Bertz CT molecular complexity index is 478. The maximum absolute atomic E-state index is 13.2. The number of halogens is 1. The Labute approximate surface area is 91.9 Å². The number of aromatic hydroxyl groups is 1. The van der Waals surface area contributed by atoms with Gasteiger partial charge in [0, 0.05) is 18.0 Å². The van der Waals surface area contributed by atoms with Gasteiger partial charge in [-0.05, 0) is 24.3 Å². The quantitative estimate of drug-likeness (QED) is 0.784. The SMILES string of the molecule is Oc1ccccc1C=Nc1ncccc1F. The minimum atomic E-state index is -0.492. The predicted molar refractivity (Wildman–Crippen MR) is 59.6 cm³/mol. The predicted octanol–water partition coefficient (Wildman–Crippen LogP) is 2.68. The van der Waals surface area contributed by atoms with Gasteiger partial charge >= 0.3 is 0 Å². The molecule has 0 saturated heterocycles. The van der Waals surface area contributed by atoms with Crippen molar-refractivity contribution in [3.05, 3.63) is 54.0 Å². The zero-order valence-electron chi connectivity index (χ0n) is 8.34. The topological polar surface area (TPSA) is 45.5 Å². The van der Waals surface area contributed by atoms with Gasteiger partial charge in [-0.3, -0.25) is 0 Å². The average molecular weight is 216 g/mol. The lowest BCUT2D eigenvalue weighted by molar-refractivity contribution is 0.474. The number of aliphatic imine (C=N–C) groups is 1. The van der Waals surface area contributed by atoms with Crippen LogP contribution < -0.4 is 0 Å². The van der Waals surface area contributed by atoms with Crippen LogP contribution in [-0.4, -0.2) is 16.3 Å². The smallest absolute Gasteiger partial charge is 0.188 e. The zero-order chi connectivity index (χ0) is 11.4. The van der Waals surface area contributed by atoms with Gasteiger partial charge in [-0.2, -0.15) is 0 Å². The monoisotopic (exact) mass is 216 g/mol. The molecule has 0 spiro atoms. The lowest BCUT2D eigenvalue weighted by Gasteiger charge is -1.97. The van der Waals surface area contributed by atoms with E-state index < -0.39 is 5.82 Å². The van der Waals surface area contributed by atoms with Gasteiger partial charge in [0.05, 0.1) is 0 Å². The van der Waals surface area contributed by atoms with Crippen LogP contribution in [0.5, 0.6) is 5.75 Å². The van der Waals surface area contributed by atoms with Crippen molar-refractivity contribution in [2.45, 2.75) is 0 Å². The Balaban J connectivity index is 2.29. The van der Waals surface area contributed by atoms with Crippen LogP contribution in [0.3, 0.4) is 0 Å². The van der Waals surface area contributed by atoms with Crippen LogP contribution in [-0.2, 0) is 0 Å². The molecule has 0 aliphatic heterocycles. The molecule has 2 aromatic rings. The summed E-state index contributed by atoms with van der Waals surface area (Å²) < 4.78 is 13.2. The van der Waals surface area contributed by atoms with Crippen molar-refractivity contribution in [2.75, 3.05) is 0 Å². The summed E-state index contributed by atoms with van der Waals surface area (Å²) in [7, 11) is 0. The first-order chi connectivity index (χ1) is 7.77. The minimum Gasteiger partial charge on any atom is -0.507 e. The van der Waals surface area contributed by atoms with Crippen molar-refractivity contribution in [3.63, 3.8) is 0 Å². The maximum atomic E-state index is 13.2. The molecule has 1 aromatic heterocycles. The van der Waals surface area contributed by atoms with E-state index in [2.05, 4.69) is 9.98 Å². The van der Waals surface area contributed by atoms with E-state index in [1.165, 1.54) is 30.6 Å². The second-order valence-electron chi connectivity index (χ2n) is 3.13. The molecule has 0 radical (unpaired) electrons. The molecule has 4 heteroatoms. The number of para-hydroxylation sites is 1. The Morgan fingerprint density at radius 3 is 2.75 bits per heavy atom. The van der Waals surface area contributed by atoms with Crippen LogP contribution in [0.4, 0.5) is 10.2 Å². The summed E-state index contributed by atoms with van der Waals surface area (Å²) in [6, 6.07) is 9.46. The van der Waals surface area contributed by atoms with E-state index in [0.717, 1.165) is 0 Å². The van der Waals surface area contributed by atoms with Crippen molar-refractivity contribution >= 4 is 12.0 Å². The third kappa shape index (κ3) is 2.23. The van der Waals surface area contributed by atoms with E-state index in [-0.39, 0.29) is 11.6 Å². The van der Waals surface area contributed by atoms with E-state index in [1.807, 2.05) is 0 Å². The molecule has 0 aliphatic rings. The highest BCUT2D eigenvalue weighted by atomic mass is 19.1. The van der Waals surface area contributed by atoms with Gasteiger partial charge in [0.1, 0.15) is 5.75 Å². The molecule has 0 atom stereocenters. The number of aromatic nitrogens is 1. The van der Waals surface area contributed by atoms with Gasteiger partial charge in [-0.15, -0.1) is 0 Å². The second-order valence-corrected chi connectivity index (χ2v) is 3.13. The van der Waals surface area contributed by atoms with Crippen molar-refractivity contribution in [2.24, 2.45) is 4.99 Å². The summed E-state index contributed by atoms with van der Waals surface area (Å²) in [6.07, 6.45) is 2.83. The first kappa shape index (κ1) is 10.3. The Morgan fingerprint density at radius 1 is 1.19 bits per heavy atom. The molecule has 2 rings (SSSR count). The van der Waals surface area contributed by atoms with Gasteiger partial charge in [-0.25, -0.2) is 14.4 Å². The summed E-state index contributed by atoms with van der Waals surface area (Å²) in [6.45, 7) is 0. The summed E-state index contributed by atoms with van der Waals surface area (Å²) >= 11 is 0. The lowest BCUT2D eigenvalue weighted by atomic mass is 10.2. The fourth-order valence-corrected chi connectivity index (χ4v) is 1.20. The summed E-state index contributed by atoms with van der Waals surface area (Å²) in [5.41, 5.74) is 0.521. The Morgan fingerprint density at radius 2 is 2.00 bits per heavy atom. The van der Waals surface area contributed by atoms with E-state index in [9.17, 15) is 9.50 Å². The van der Waals surface area contributed by atoms with Crippen molar-refractivity contribution in [3.8, 4) is 5.75 Å². The second kappa shape index (κ2) is 4.53. The van der Waals surface area contributed by atoms with E-state index in [1.54, 1.807) is 18.2 Å². The fraction of sp³-hybridized carbons (Fsp3) is 0. The van der Waals surface area contributed by atoms with Gasteiger partial charge in [0.2, 0.25) is 0 Å². The normalized spacial score (nSPS) is 10.8. The summed E-state index contributed by atoms with van der Waals surface area (Å²) in [5.74, 6) is -0.387. The molecule has 0 saturated carbocycles. The molecule has 3 nitrogen and oxygen atoms in total. The highest BCUT2D eigenvalue weighted by Gasteiger charge is 1.99. The number of phenols is 1. The molecule has 1 aromatic carbocycles. The van der Waals surface area contributed by atoms with E-state index >= 15 is 0 Å². The van der Waals surface area contributed by atoms with Crippen molar-refractivity contribution < 1.29 is 9.50 Å². The van der Waals surface area contributed by atoms with E-state index in [0.29, 0.717) is 5.56 Å². The van der Waals surface area contributed by atoms with Gasteiger partial charge in [-0.1, -0.05) is 12.1 Å². The number of pyridine rings is 1. The molecule has 0 fully saturated rings. The third-order valence-corrected chi connectivity index (χ3v) is 2.00. The summed E-state index contributed by atoms with van der Waals surface area (Å²) in [4.78, 5) is 7.63. The van der Waals surface area contributed by atoms with Crippen LogP contribution in [0.2, 0.25) is 0 Å². The van der Waals surface area contributed by atoms with Gasteiger partial charge < -0.3 is 5.11 Å². The van der Waals surface area contributed by atoms with Crippen LogP contribution in [0.1, 0.15) is 5.56 Å². The minimum absolute atomic E-state index is 0.00533. The molecule has 0 bridgehead atoms. The molecule has 80 valence electrons. The van der Waals surface area contributed by atoms with Gasteiger partial charge in [0.25, 0.3) is 0 Å². The lowest BCUT2D eigenvalue weighted by Crippen LogP contribution is -1.84. The Kier molecular flexibility index (Phi) is 2.91. The number of rotatable bonds is 2. The third-order valence-electron chi connectivity index (χ3n) is 2.00. The molecule has 0 unspecified atom stereocenters. The fourth-order valence-electron chi connectivity index (χ4n) is 1.20. The number of hydrogen-bond donors (Lipinski definition) is 1. The number of benzene rings is 1. The standard InChI is InChI=1S/C12H9FN2O/c13-10-5-3-7-14-12(10)15-8-9-4-1-2-6-11(9)16/h1-8,16H. The van der Waals surface area contributed by atoms with Crippen LogP contribution in [0, 0.1) is 5.82 Å². The van der Waals surface area contributed by atoms with Crippen LogP contribution in [0.25, 0.3) is 0 Å². The number of phenolic OH excluding ortho intramolecular Hbond substituents is 1. The molecular formula is C12H9FN2O. The highest BCUT2D eigenvalue weighted by molar-refractivity contribution is 5.84. The molecule has 16 heavy (non-hydrogen) atoms. The Hall–Kier alpha value is -2.23. The van der Waals surface area contributed by atoms with Gasteiger partial charge in [0.15, 0.2) is 11.6 Å². The van der Waals surface area contributed by atoms with Crippen LogP contribution in [0.15, 0.2) is 47.6 Å². The van der Waals surface area contributed by atoms with Crippen LogP contribution >= 0.6 is 0 Å². The number of nitrogens with zero attached hydrogens (tertiary/aromatic N) is 2. The number of hydrogen-bond acceptors (Lipinski definition) is 3. The highest BCUT2D eigenvalue weighted by Crippen LogP contribution is 2.16. The first-order valence-electron chi connectivity index (χ1n) is 4.70. The maximum Gasteiger partial charge on any atom is 0.188 e. The van der Waals surface area contributed by atoms with E-state index in [4.69, 9.17) is 0 Å². The average Bonchev–Trinajstić information content (AvgIpc) is 2.30. The van der Waals surface area contributed by atoms with Crippen molar-refractivity contribution in [1.29, 1.82) is 0 Å². The molecule has 0 amide bonds. The molecular weight excluding hydrogens is 207 g/mol.